The minimum absolute atomic E-state index is 0.236. The number of hydrogen-bond donors (Lipinski definition) is 0. The van der Waals surface area contributed by atoms with Crippen LogP contribution >= 0.6 is 0 Å². The van der Waals surface area contributed by atoms with E-state index in [4.69, 9.17) is 0 Å². The highest BCUT2D eigenvalue weighted by atomic mass is 16.2. The fourth-order valence-electron chi connectivity index (χ4n) is 3.73. The Labute approximate surface area is 158 Å². The molecule has 0 spiro atoms. The second-order valence-electron chi connectivity index (χ2n) is 7.01. The van der Waals surface area contributed by atoms with Crippen LogP contribution in [0.1, 0.15) is 18.1 Å². The lowest BCUT2D eigenvalue weighted by molar-refractivity contribution is -0.131. The van der Waals surface area contributed by atoms with Crippen LogP contribution in [0, 0.1) is 6.92 Å². The number of amides is 4. The maximum Gasteiger partial charge on any atom is 0.332 e. The van der Waals surface area contributed by atoms with Crippen molar-refractivity contribution in [1.29, 1.82) is 0 Å². The third-order valence-electron chi connectivity index (χ3n) is 5.24. The number of carbonyl (C=O) groups is 3. The van der Waals surface area contributed by atoms with Crippen LogP contribution in [0.15, 0.2) is 48.5 Å². The average Bonchev–Trinajstić information content (AvgIpc) is 3.18. The van der Waals surface area contributed by atoms with Crippen molar-refractivity contribution in [3.8, 4) is 0 Å². The summed E-state index contributed by atoms with van der Waals surface area (Å²) in [5, 5.41) is 0. The van der Waals surface area contributed by atoms with Crippen molar-refractivity contribution in [1.82, 2.24) is 4.90 Å². The van der Waals surface area contributed by atoms with E-state index >= 15 is 0 Å². The van der Waals surface area contributed by atoms with Gasteiger partial charge < -0.3 is 4.90 Å². The van der Waals surface area contributed by atoms with Crippen molar-refractivity contribution in [3.63, 3.8) is 0 Å². The number of nitrogens with zero attached hydrogens (tertiary/aromatic N) is 3. The topological polar surface area (TPSA) is 60.9 Å². The Kier molecular flexibility index (Phi) is 4.18. The Morgan fingerprint density at radius 1 is 1.07 bits per heavy atom. The first-order chi connectivity index (χ1) is 13.0. The van der Waals surface area contributed by atoms with Crippen molar-refractivity contribution in [2.45, 2.75) is 26.3 Å². The number of anilines is 2. The molecule has 6 nitrogen and oxygen atoms in total. The number of imide groups is 1. The summed E-state index contributed by atoms with van der Waals surface area (Å²) in [6.45, 7) is 3.99. The van der Waals surface area contributed by atoms with Crippen LogP contribution in [0.3, 0.4) is 0 Å². The molecule has 2 aromatic carbocycles. The normalized spacial score (nSPS) is 19.0. The van der Waals surface area contributed by atoms with Gasteiger partial charge in [-0.25, -0.2) is 4.79 Å². The van der Waals surface area contributed by atoms with Gasteiger partial charge in [0.15, 0.2) is 0 Å². The number of fused-ring (bicyclic) bond motifs is 1. The van der Waals surface area contributed by atoms with Crippen LogP contribution in [-0.4, -0.2) is 41.9 Å². The van der Waals surface area contributed by atoms with E-state index in [1.165, 1.54) is 4.90 Å². The summed E-state index contributed by atoms with van der Waals surface area (Å²) < 4.78 is 0. The summed E-state index contributed by atoms with van der Waals surface area (Å²) >= 11 is 0. The van der Waals surface area contributed by atoms with Gasteiger partial charge >= 0.3 is 6.03 Å². The predicted octanol–water partition coefficient (Wildman–Crippen LogP) is 2.74. The van der Waals surface area contributed by atoms with Gasteiger partial charge in [-0.2, -0.15) is 0 Å². The molecule has 138 valence electrons. The standard InChI is InChI=1S/C21H21N3O3/c1-14-7-9-17(10-8-14)24-15(2)20(26)23(21(24)27)13-19(25)22-12-11-16-5-3-4-6-18(16)22/h3-10,15H,11-13H2,1-2H3. The van der Waals surface area contributed by atoms with Crippen LogP contribution in [0.25, 0.3) is 0 Å². The molecule has 2 heterocycles. The SMILES string of the molecule is Cc1ccc(N2C(=O)N(CC(=O)N3CCc4ccccc43)C(=O)C2C)cc1. The number of rotatable bonds is 3. The molecule has 0 bridgehead atoms. The largest absolute Gasteiger partial charge is 0.332 e. The van der Waals surface area contributed by atoms with Crippen molar-refractivity contribution < 1.29 is 14.4 Å². The molecule has 4 amide bonds. The number of benzene rings is 2. The summed E-state index contributed by atoms with van der Waals surface area (Å²) in [6, 6.07) is 14.1. The quantitative estimate of drug-likeness (QED) is 0.788. The van der Waals surface area contributed by atoms with Gasteiger partial charge in [0.2, 0.25) is 5.91 Å². The molecule has 0 aromatic heterocycles. The monoisotopic (exact) mass is 363 g/mol. The van der Waals surface area contributed by atoms with Gasteiger partial charge in [-0.05, 0) is 44.0 Å². The maximum absolute atomic E-state index is 12.9. The molecular weight excluding hydrogens is 342 g/mol. The molecule has 2 aliphatic heterocycles. The van der Waals surface area contributed by atoms with Crippen LogP contribution in [0.2, 0.25) is 0 Å². The lowest BCUT2D eigenvalue weighted by Crippen LogP contribution is -2.43. The van der Waals surface area contributed by atoms with Gasteiger partial charge in [0.1, 0.15) is 12.6 Å². The van der Waals surface area contributed by atoms with E-state index in [2.05, 4.69) is 0 Å². The Hall–Kier alpha value is -3.15. The third-order valence-corrected chi connectivity index (χ3v) is 5.24. The first-order valence-corrected chi connectivity index (χ1v) is 9.07. The van der Waals surface area contributed by atoms with E-state index in [-0.39, 0.29) is 18.4 Å². The van der Waals surface area contributed by atoms with Gasteiger partial charge in [0.05, 0.1) is 0 Å². The Balaban J connectivity index is 1.54. The Morgan fingerprint density at radius 2 is 1.78 bits per heavy atom. The summed E-state index contributed by atoms with van der Waals surface area (Å²) in [7, 11) is 0. The smallest absolute Gasteiger partial charge is 0.310 e. The lowest BCUT2D eigenvalue weighted by Gasteiger charge is -2.21. The number of hydrogen-bond acceptors (Lipinski definition) is 3. The molecular formula is C21H21N3O3. The molecule has 1 fully saturated rings. The molecule has 27 heavy (non-hydrogen) atoms. The van der Waals surface area contributed by atoms with E-state index in [0.717, 1.165) is 28.1 Å². The number of para-hydroxylation sites is 1. The molecule has 1 atom stereocenters. The van der Waals surface area contributed by atoms with E-state index in [9.17, 15) is 14.4 Å². The predicted molar refractivity (Wildman–Crippen MR) is 103 cm³/mol. The fourth-order valence-corrected chi connectivity index (χ4v) is 3.73. The Bertz CT molecular complexity index is 923. The van der Waals surface area contributed by atoms with Crippen molar-refractivity contribution in [2.75, 3.05) is 22.9 Å². The average molecular weight is 363 g/mol. The summed E-state index contributed by atoms with van der Waals surface area (Å²) in [6.07, 6.45) is 0.787. The summed E-state index contributed by atoms with van der Waals surface area (Å²) in [5.74, 6) is -0.582. The Morgan fingerprint density at radius 3 is 2.52 bits per heavy atom. The van der Waals surface area contributed by atoms with Gasteiger partial charge in [-0.15, -0.1) is 0 Å². The molecule has 6 heteroatoms. The van der Waals surface area contributed by atoms with Gasteiger partial charge in [0, 0.05) is 17.9 Å². The number of aryl methyl sites for hydroxylation is 1. The first-order valence-electron chi connectivity index (χ1n) is 9.07. The molecule has 0 radical (unpaired) electrons. The maximum atomic E-state index is 12.9. The molecule has 0 saturated carbocycles. The molecule has 1 saturated heterocycles. The van der Waals surface area contributed by atoms with Gasteiger partial charge in [-0.1, -0.05) is 35.9 Å². The highest BCUT2D eigenvalue weighted by molar-refractivity contribution is 6.16. The van der Waals surface area contributed by atoms with Crippen LogP contribution in [0.5, 0.6) is 0 Å². The van der Waals surface area contributed by atoms with Crippen molar-refractivity contribution in [3.05, 3.63) is 59.7 Å². The first kappa shape index (κ1) is 17.3. The number of carbonyl (C=O) groups excluding carboxylic acids is 3. The van der Waals surface area contributed by atoms with Crippen LogP contribution in [0.4, 0.5) is 16.2 Å². The highest BCUT2D eigenvalue weighted by Gasteiger charge is 2.44. The molecule has 4 rings (SSSR count). The second kappa shape index (κ2) is 6.54. The van der Waals surface area contributed by atoms with Crippen LogP contribution in [-0.2, 0) is 16.0 Å². The molecule has 2 aromatic rings. The minimum Gasteiger partial charge on any atom is -0.310 e. The van der Waals surface area contributed by atoms with E-state index in [1.54, 1.807) is 11.8 Å². The van der Waals surface area contributed by atoms with Gasteiger partial charge in [0.25, 0.3) is 5.91 Å². The number of urea groups is 1. The lowest BCUT2D eigenvalue weighted by atomic mass is 10.2. The van der Waals surface area contributed by atoms with Crippen molar-refractivity contribution in [2.24, 2.45) is 0 Å². The molecule has 2 aliphatic rings. The zero-order valence-electron chi connectivity index (χ0n) is 15.4. The van der Waals surface area contributed by atoms with E-state index in [1.807, 2.05) is 55.5 Å². The van der Waals surface area contributed by atoms with E-state index in [0.29, 0.717) is 12.2 Å². The zero-order chi connectivity index (χ0) is 19.1. The van der Waals surface area contributed by atoms with Gasteiger partial charge in [-0.3, -0.25) is 19.4 Å². The molecule has 0 aliphatic carbocycles. The second-order valence-corrected chi connectivity index (χ2v) is 7.01. The van der Waals surface area contributed by atoms with Crippen molar-refractivity contribution >= 4 is 29.2 Å². The third kappa shape index (κ3) is 2.87. The molecule has 1 unspecified atom stereocenters. The summed E-state index contributed by atoms with van der Waals surface area (Å²) in [4.78, 5) is 42.5. The fraction of sp³-hybridized carbons (Fsp3) is 0.286. The zero-order valence-corrected chi connectivity index (χ0v) is 15.4. The molecule has 0 N–H and O–H groups in total. The highest BCUT2D eigenvalue weighted by Crippen LogP contribution is 2.29. The van der Waals surface area contributed by atoms with E-state index < -0.39 is 12.1 Å². The summed E-state index contributed by atoms with van der Waals surface area (Å²) in [5.41, 5.74) is 3.71. The minimum atomic E-state index is -0.626. The van der Waals surface area contributed by atoms with Crippen LogP contribution < -0.4 is 9.80 Å².